The van der Waals surface area contributed by atoms with Crippen LogP contribution in [0.4, 0.5) is 0 Å². The van der Waals surface area contributed by atoms with E-state index in [1.165, 1.54) is 19.3 Å². The molecule has 0 aromatic carbocycles. The second-order valence-corrected chi connectivity index (χ2v) is 7.30. The first kappa shape index (κ1) is 17.6. The van der Waals surface area contributed by atoms with E-state index in [0.29, 0.717) is 29.7 Å². The minimum atomic E-state index is 0. The van der Waals surface area contributed by atoms with Gasteiger partial charge in [0.2, 0.25) is 5.91 Å². The van der Waals surface area contributed by atoms with Crippen LogP contribution in [0.3, 0.4) is 0 Å². The number of thioether (sulfide) groups is 1. The summed E-state index contributed by atoms with van der Waals surface area (Å²) in [5.74, 6) is 1.80. The molecule has 0 spiro atoms. The van der Waals surface area contributed by atoms with Gasteiger partial charge in [0.15, 0.2) is 0 Å². The van der Waals surface area contributed by atoms with E-state index in [0.717, 1.165) is 17.7 Å². The molecular weight excluding hydrogens is 318 g/mol. The highest BCUT2D eigenvalue weighted by Gasteiger charge is 2.39. The molecule has 3 N–H and O–H groups in total. The summed E-state index contributed by atoms with van der Waals surface area (Å²) < 4.78 is 0. The lowest BCUT2D eigenvalue weighted by atomic mass is 9.67. The molecule has 1 amide bonds. The van der Waals surface area contributed by atoms with E-state index in [-0.39, 0.29) is 18.3 Å². The second kappa shape index (κ2) is 8.18. The van der Waals surface area contributed by atoms with Crippen molar-refractivity contribution in [2.75, 3.05) is 5.75 Å². The number of pyridine rings is 1. The van der Waals surface area contributed by atoms with Crippen molar-refractivity contribution in [3.05, 3.63) is 24.5 Å². The molecule has 2 atom stereocenters. The molecule has 22 heavy (non-hydrogen) atoms. The number of amides is 1. The maximum atomic E-state index is 12.2. The van der Waals surface area contributed by atoms with Gasteiger partial charge in [0.1, 0.15) is 0 Å². The zero-order valence-corrected chi connectivity index (χ0v) is 14.2. The normalized spacial score (nSPS) is 30.2. The van der Waals surface area contributed by atoms with Gasteiger partial charge >= 0.3 is 0 Å². The third kappa shape index (κ3) is 4.37. The molecule has 122 valence electrons. The Morgan fingerprint density at radius 1 is 1.27 bits per heavy atom. The number of hydrogen-bond acceptors (Lipinski definition) is 4. The summed E-state index contributed by atoms with van der Waals surface area (Å²) in [5, 5.41) is 3.28. The molecule has 1 aromatic heterocycles. The van der Waals surface area contributed by atoms with Gasteiger partial charge in [-0.05, 0) is 49.7 Å². The van der Waals surface area contributed by atoms with Crippen molar-refractivity contribution < 1.29 is 4.79 Å². The Bertz CT molecular complexity index is 474. The topological polar surface area (TPSA) is 68.0 Å². The summed E-state index contributed by atoms with van der Waals surface area (Å²) in [7, 11) is 0. The summed E-state index contributed by atoms with van der Waals surface area (Å²) in [6.45, 7) is 0. The first-order chi connectivity index (χ1) is 10.2. The van der Waals surface area contributed by atoms with E-state index in [2.05, 4.69) is 10.3 Å². The van der Waals surface area contributed by atoms with Gasteiger partial charge in [-0.15, -0.1) is 24.2 Å². The van der Waals surface area contributed by atoms with E-state index >= 15 is 0 Å². The van der Waals surface area contributed by atoms with Crippen molar-refractivity contribution in [3.8, 4) is 0 Å². The third-order valence-corrected chi connectivity index (χ3v) is 5.74. The Morgan fingerprint density at radius 2 is 1.91 bits per heavy atom. The number of nitrogens with two attached hydrogens (primary N) is 1. The average Bonchev–Trinajstić information content (AvgIpc) is 2.47. The smallest absolute Gasteiger partial charge is 0.230 e. The van der Waals surface area contributed by atoms with E-state index in [1.807, 2.05) is 12.1 Å². The quantitative estimate of drug-likeness (QED) is 0.826. The largest absolute Gasteiger partial charge is 0.352 e. The molecule has 2 fully saturated rings. The van der Waals surface area contributed by atoms with Crippen LogP contribution in [-0.2, 0) is 4.79 Å². The SMILES string of the molecule is Cl.NC1CC2CCCC(C1)C2NC(=O)CSc1ccncc1. The molecule has 6 heteroatoms. The number of carbonyl (C=O) groups excluding carboxylic acids is 1. The maximum absolute atomic E-state index is 12.2. The molecule has 4 nitrogen and oxygen atoms in total. The summed E-state index contributed by atoms with van der Waals surface area (Å²) in [5.41, 5.74) is 6.13. The standard InChI is InChI=1S/C16H23N3OS.ClH/c17-13-8-11-2-1-3-12(9-13)16(11)19-15(20)10-21-14-4-6-18-7-5-14;/h4-7,11-13,16H,1-3,8-10,17H2,(H,19,20);1H. The average molecular weight is 342 g/mol. The van der Waals surface area contributed by atoms with Crippen molar-refractivity contribution in [1.82, 2.24) is 10.3 Å². The fourth-order valence-corrected chi connectivity index (χ4v) is 4.53. The maximum Gasteiger partial charge on any atom is 0.230 e. The summed E-state index contributed by atoms with van der Waals surface area (Å²) in [4.78, 5) is 17.3. The van der Waals surface area contributed by atoms with Crippen molar-refractivity contribution >= 4 is 30.1 Å². The van der Waals surface area contributed by atoms with Crippen LogP contribution in [0, 0.1) is 11.8 Å². The van der Waals surface area contributed by atoms with Gasteiger partial charge in [-0.1, -0.05) is 6.42 Å². The van der Waals surface area contributed by atoms with Crippen molar-refractivity contribution in [3.63, 3.8) is 0 Å². The fraction of sp³-hybridized carbons (Fsp3) is 0.625. The van der Waals surface area contributed by atoms with E-state index in [1.54, 1.807) is 24.2 Å². The minimum absolute atomic E-state index is 0. The van der Waals surface area contributed by atoms with E-state index in [9.17, 15) is 4.79 Å². The van der Waals surface area contributed by atoms with Crippen LogP contribution in [0.5, 0.6) is 0 Å². The Kier molecular flexibility index (Phi) is 6.53. The number of nitrogens with zero attached hydrogens (tertiary/aromatic N) is 1. The Morgan fingerprint density at radius 3 is 2.55 bits per heavy atom. The first-order valence-electron chi connectivity index (χ1n) is 7.80. The molecule has 1 aromatic rings. The number of aromatic nitrogens is 1. The monoisotopic (exact) mass is 341 g/mol. The van der Waals surface area contributed by atoms with Gasteiger partial charge < -0.3 is 11.1 Å². The number of fused-ring (bicyclic) bond motifs is 2. The molecule has 2 aliphatic carbocycles. The van der Waals surface area contributed by atoms with Crippen LogP contribution in [0.15, 0.2) is 29.4 Å². The summed E-state index contributed by atoms with van der Waals surface area (Å²) in [6, 6.07) is 4.56. The van der Waals surface area contributed by atoms with E-state index in [4.69, 9.17) is 5.73 Å². The third-order valence-electron chi connectivity index (χ3n) is 4.72. The van der Waals surface area contributed by atoms with Crippen LogP contribution in [0.25, 0.3) is 0 Å². The first-order valence-corrected chi connectivity index (χ1v) is 8.78. The van der Waals surface area contributed by atoms with Crippen molar-refractivity contribution in [1.29, 1.82) is 0 Å². The molecule has 2 aliphatic rings. The lowest BCUT2D eigenvalue weighted by Crippen LogP contribution is -2.54. The molecule has 2 bridgehead atoms. The van der Waals surface area contributed by atoms with Gasteiger partial charge in [-0.25, -0.2) is 0 Å². The molecule has 2 unspecified atom stereocenters. The van der Waals surface area contributed by atoms with Gasteiger partial charge in [0.05, 0.1) is 5.75 Å². The predicted octanol–water partition coefficient (Wildman–Crippen LogP) is 2.62. The number of rotatable bonds is 4. The van der Waals surface area contributed by atoms with Gasteiger partial charge in [-0.3, -0.25) is 9.78 Å². The van der Waals surface area contributed by atoms with Gasteiger partial charge in [0, 0.05) is 29.4 Å². The van der Waals surface area contributed by atoms with Crippen molar-refractivity contribution in [2.45, 2.75) is 49.1 Å². The zero-order chi connectivity index (χ0) is 14.7. The van der Waals surface area contributed by atoms with Gasteiger partial charge in [-0.2, -0.15) is 0 Å². The molecule has 2 saturated carbocycles. The summed E-state index contributed by atoms with van der Waals surface area (Å²) in [6.07, 6.45) is 9.37. The molecule has 0 saturated heterocycles. The number of nitrogens with one attached hydrogen (secondary N) is 1. The Hall–Kier alpha value is -0.780. The zero-order valence-electron chi connectivity index (χ0n) is 12.6. The lowest BCUT2D eigenvalue weighted by Gasteiger charge is -2.45. The Labute approximate surface area is 142 Å². The second-order valence-electron chi connectivity index (χ2n) is 6.25. The Balaban J connectivity index is 0.00000176. The number of carbonyl (C=O) groups is 1. The van der Waals surface area contributed by atoms with E-state index < -0.39 is 0 Å². The lowest BCUT2D eigenvalue weighted by molar-refractivity contribution is -0.120. The highest BCUT2D eigenvalue weighted by Crippen LogP contribution is 2.39. The molecule has 1 heterocycles. The molecule has 0 aliphatic heterocycles. The minimum Gasteiger partial charge on any atom is -0.352 e. The molecule has 0 radical (unpaired) electrons. The van der Waals surface area contributed by atoms with Crippen LogP contribution < -0.4 is 11.1 Å². The summed E-state index contributed by atoms with van der Waals surface area (Å²) >= 11 is 1.57. The molecule has 3 rings (SSSR count). The molecular formula is C16H24ClN3OS. The fourth-order valence-electron chi connectivity index (χ4n) is 3.84. The van der Waals surface area contributed by atoms with Crippen molar-refractivity contribution in [2.24, 2.45) is 17.6 Å². The highest BCUT2D eigenvalue weighted by atomic mass is 35.5. The van der Waals surface area contributed by atoms with Crippen LogP contribution in [0.1, 0.15) is 32.1 Å². The van der Waals surface area contributed by atoms with Crippen LogP contribution >= 0.6 is 24.2 Å². The number of halogens is 1. The van der Waals surface area contributed by atoms with Crippen LogP contribution in [0.2, 0.25) is 0 Å². The predicted molar refractivity (Wildman–Crippen MR) is 92.2 cm³/mol. The number of hydrogen-bond donors (Lipinski definition) is 2. The highest BCUT2D eigenvalue weighted by molar-refractivity contribution is 8.00. The van der Waals surface area contributed by atoms with Crippen LogP contribution in [-0.4, -0.2) is 28.7 Å². The van der Waals surface area contributed by atoms with Gasteiger partial charge in [0.25, 0.3) is 0 Å².